The highest BCUT2D eigenvalue weighted by molar-refractivity contribution is 5.79. The van der Waals surface area contributed by atoms with E-state index in [2.05, 4.69) is 15.6 Å². The molecule has 0 saturated carbocycles. The molecule has 0 saturated heterocycles. The Kier molecular flexibility index (Phi) is 7.01. The molecule has 1 aromatic rings. The van der Waals surface area contributed by atoms with Gasteiger partial charge < -0.3 is 15.4 Å². The minimum absolute atomic E-state index is 0.112. The zero-order valence-corrected chi connectivity index (χ0v) is 13.0. The van der Waals surface area contributed by atoms with E-state index >= 15 is 0 Å². The monoisotopic (exact) mass is 317 g/mol. The van der Waals surface area contributed by atoms with Gasteiger partial charge in [-0.15, -0.1) is 0 Å². The van der Waals surface area contributed by atoms with Crippen LogP contribution in [0.2, 0.25) is 0 Å². The number of ether oxygens (including phenoxy) is 1. The summed E-state index contributed by atoms with van der Waals surface area (Å²) in [6, 6.07) is 7.51. The molecule has 0 aliphatic carbocycles. The average molecular weight is 317 g/mol. The van der Waals surface area contributed by atoms with E-state index in [0.717, 1.165) is 11.3 Å². The first-order chi connectivity index (χ1) is 10.3. The molecule has 1 aromatic carbocycles. The van der Waals surface area contributed by atoms with Crippen LogP contribution in [0.1, 0.15) is 25.8 Å². The van der Waals surface area contributed by atoms with Crippen molar-refractivity contribution in [1.82, 2.24) is 10.6 Å². The zero-order valence-electron chi connectivity index (χ0n) is 13.0. The molecule has 0 fully saturated rings. The fourth-order valence-corrected chi connectivity index (χ4v) is 1.69. The van der Waals surface area contributed by atoms with E-state index in [4.69, 9.17) is 4.74 Å². The summed E-state index contributed by atoms with van der Waals surface area (Å²) in [6.07, 6.45) is -4.95. The van der Waals surface area contributed by atoms with E-state index in [0.29, 0.717) is 12.5 Å². The smallest absolute Gasteiger partial charge is 0.390 e. The summed E-state index contributed by atoms with van der Waals surface area (Å²) in [6.45, 7) is 4.16. The van der Waals surface area contributed by atoms with Crippen molar-refractivity contribution in [1.29, 1.82) is 0 Å². The number of aliphatic imine (C=N–C) groups is 1. The van der Waals surface area contributed by atoms with Crippen LogP contribution in [0.5, 0.6) is 5.75 Å². The Morgan fingerprint density at radius 1 is 1.18 bits per heavy atom. The van der Waals surface area contributed by atoms with Gasteiger partial charge in [0, 0.05) is 20.1 Å². The lowest BCUT2D eigenvalue weighted by atomic mass is 10.2. The number of hydrogen-bond acceptors (Lipinski definition) is 2. The van der Waals surface area contributed by atoms with Gasteiger partial charge in [-0.25, -0.2) is 0 Å². The standard InChI is InChI=1S/C15H22F3N3O/c1-11(2)22-13-6-4-12(5-7-13)10-21-14(19-3)20-9-8-15(16,17)18/h4-7,11H,8-10H2,1-3H3,(H2,19,20,21). The van der Waals surface area contributed by atoms with Crippen LogP contribution in [0.15, 0.2) is 29.3 Å². The minimum atomic E-state index is -4.17. The molecule has 0 amide bonds. The van der Waals surface area contributed by atoms with E-state index < -0.39 is 12.6 Å². The second kappa shape index (κ2) is 8.51. The number of benzene rings is 1. The van der Waals surface area contributed by atoms with Crippen LogP contribution in [0, 0.1) is 0 Å². The quantitative estimate of drug-likeness (QED) is 0.626. The van der Waals surface area contributed by atoms with Crippen molar-refractivity contribution in [2.24, 2.45) is 4.99 Å². The lowest BCUT2D eigenvalue weighted by molar-refractivity contribution is -0.132. The second-order valence-corrected chi connectivity index (χ2v) is 5.03. The van der Waals surface area contributed by atoms with Crippen LogP contribution in [0.4, 0.5) is 13.2 Å². The van der Waals surface area contributed by atoms with E-state index in [9.17, 15) is 13.2 Å². The fraction of sp³-hybridized carbons (Fsp3) is 0.533. The first kappa shape index (κ1) is 18.1. The minimum Gasteiger partial charge on any atom is -0.491 e. The van der Waals surface area contributed by atoms with Gasteiger partial charge in [0.15, 0.2) is 5.96 Å². The summed E-state index contributed by atoms with van der Waals surface area (Å²) in [5.41, 5.74) is 0.981. The van der Waals surface area contributed by atoms with Gasteiger partial charge in [0.1, 0.15) is 5.75 Å². The summed E-state index contributed by atoms with van der Waals surface area (Å²) in [5.74, 6) is 1.12. The molecule has 0 heterocycles. The van der Waals surface area contributed by atoms with Gasteiger partial charge in [0.05, 0.1) is 12.5 Å². The third-order valence-corrected chi connectivity index (χ3v) is 2.68. The molecule has 0 aliphatic heterocycles. The van der Waals surface area contributed by atoms with Crippen LogP contribution < -0.4 is 15.4 Å². The molecular formula is C15H22F3N3O. The molecule has 0 bridgehead atoms. The predicted molar refractivity (Wildman–Crippen MR) is 81.1 cm³/mol. The first-order valence-electron chi connectivity index (χ1n) is 7.07. The largest absolute Gasteiger partial charge is 0.491 e. The number of nitrogens with zero attached hydrogens (tertiary/aromatic N) is 1. The average Bonchev–Trinajstić information content (AvgIpc) is 2.42. The summed E-state index contributed by atoms with van der Waals surface area (Å²) >= 11 is 0. The van der Waals surface area contributed by atoms with Crippen LogP contribution in [0.3, 0.4) is 0 Å². The molecule has 0 spiro atoms. The SMILES string of the molecule is CN=C(NCCC(F)(F)F)NCc1ccc(OC(C)C)cc1. The Morgan fingerprint density at radius 3 is 2.32 bits per heavy atom. The van der Waals surface area contributed by atoms with Gasteiger partial charge in [-0.1, -0.05) is 12.1 Å². The molecule has 4 nitrogen and oxygen atoms in total. The second-order valence-electron chi connectivity index (χ2n) is 5.03. The number of guanidine groups is 1. The summed E-state index contributed by atoms with van der Waals surface area (Å²) in [7, 11) is 1.52. The molecule has 124 valence electrons. The van der Waals surface area contributed by atoms with Crippen molar-refractivity contribution in [3.63, 3.8) is 0 Å². The molecule has 2 N–H and O–H groups in total. The van der Waals surface area contributed by atoms with Crippen molar-refractivity contribution in [2.45, 2.75) is 39.1 Å². The van der Waals surface area contributed by atoms with Gasteiger partial charge in [-0.3, -0.25) is 4.99 Å². The number of halogens is 3. The third kappa shape index (κ3) is 7.75. The summed E-state index contributed by atoms with van der Waals surface area (Å²) in [5, 5.41) is 5.59. The van der Waals surface area contributed by atoms with E-state index in [1.807, 2.05) is 38.1 Å². The van der Waals surface area contributed by atoms with Crippen molar-refractivity contribution >= 4 is 5.96 Å². The topological polar surface area (TPSA) is 45.7 Å². The Hall–Kier alpha value is -1.92. The van der Waals surface area contributed by atoms with Crippen molar-refractivity contribution in [3.05, 3.63) is 29.8 Å². The van der Waals surface area contributed by atoms with Gasteiger partial charge >= 0.3 is 6.18 Å². The van der Waals surface area contributed by atoms with Crippen LogP contribution in [-0.2, 0) is 6.54 Å². The van der Waals surface area contributed by atoms with E-state index in [1.165, 1.54) is 7.05 Å². The maximum Gasteiger partial charge on any atom is 0.390 e. The van der Waals surface area contributed by atoms with Crippen molar-refractivity contribution < 1.29 is 17.9 Å². The Bertz CT molecular complexity index is 470. The number of alkyl halides is 3. The van der Waals surface area contributed by atoms with Crippen LogP contribution in [0.25, 0.3) is 0 Å². The third-order valence-electron chi connectivity index (χ3n) is 2.68. The molecule has 0 radical (unpaired) electrons. The highest BCUT2D eigenvalue weighted by Crippen LogP contribution is 2.18. The van der Waals surface area contributed by atoms with E-state index in [1.54, 1.807) is 0 Å². The molecule has 0 atom stereocenters. The molecular weight excluding hydrogens is 295 g/mol. The molecule has 0 unspecified atom stereocenters. The number of rotatable bonds is 6. The first-order valence-corrected chi connectivity index (χ1v) is 7.07. The normalized spacial score (nSPS) is 12.4. The zero-order chi connectivity index (χ0) is 16.6. The molecule has 0 aromatic heterocycles. The molecule has 0 aliphatic rings. The number of hydrogen-bond donors (Lipinski definition) is 2. The van der Waals surface area contributed by atoms with Gasteiger partial charge in [-0.05, 0) is 31.5 Å². The maximum atomic E-state index is 12.1. The van der Waals surface area contributed by atoms with Crippen LogP contribution >= 0.6 is 0 Å². The van der Waals surface area contributed by atoms with Crippen LogP contribution in [-0.4, -0.2) is 31.8 Å². The molecule has 1 rings (SSSR count). The molecule has 7 heteroatoms. The fourth-order valence-electron chi connectivity index (χ4n) is 1.69. The number of nitrogens with one attached hydrogen (secondary N) is 2. The summed E-state index contributed by atoms with van der Waals surface area (Å²) < 4.78 is 41.8. The Morgan fingerprint density at radius 2 is 1.82 bits per heavy atom. The van der Waals surface area contributed by atoms with E-state index in [-0.39, 0.29) is 12.6 Å². The van der Waals surface area contributed by atoms with Gasteiger partial charge in [0.25, 0.3) is 0 Å². The van der Waals surface area contributed by atoms with Gasteiger partial charge in [0.2, 0.25) is 0 Å². The highest BCUT2D eigenvalue weighted by Gasteiger charge is 2.26. The summed E-state index contributed by atoms with van der Waals surface area (Å²) in [4.78, 5) is 3.88. The lowest BCUT2D eigenvalue weighted by Crippen LogP contribution is -2.38. The Balaban J connectivity index is 2.40. The predicted octanol–water partition coefficient (Wildman–Crippen LogP) is 3.09. The Labute approximate surface area is 128 Å². The van der Waals surface area contributed by atoms with Crippen molar-refractivity contribution in [2.75, 3.05) is 13.6 Å². The van der Waals surface area contributed by atoms with Gasteiger partial charge in [-0.2, -0.15) is 13.2 Å². The molecule has 22 heavy (non-hydrogen) atoms. The lowest BCUT2D eigenvalue weighted by Gasteiger charge is -2.13. The van der Waals surface area contributed by atoms with Crippen molar-refractivity contribution in [3.8, 4) is 5.75 Å². The highest BCUT2D eigenvalue weighted by atomic mass is 19.4. The maximum absolute atomic E-state index is 12.1.